The van der Waals surface area contributed by atoms with E-state index >= 15 is 0 Å². The van der Waals surface area contributed by atoms with Gasteiger partial charge in [0.2, 0.25) is 5.91 Å². The molecular weight excluding hydrogens is 334 g/mol. The van der Waals surface area contributed by atoms with E-state index in [0.29, 0.717) is 6.42 Å². The molecule has 1 fully saturated rings. The SMILES string of the molecule is CN1CCc2nc(NC(=O)CCCCC3CCSS3)sc2C1. The summed E-state index contributed by atoms with van der Waals surface area (Å²) < 4.78 is 0. The molecule has 1 aromatic heterocycles. The Labute approximate surface area is 144 Å². The van der Waals surface area contributed by atoms with Gasteiger partial charge in [-0.1, -0.05) is 28.0 Å². The van der Waals surface area contributed by atoms with Crippen LogP contribution >= 0.6 is 32.9 Å². The molecule has 2 aliphatic rings. The van der Waals surface area contributed by atoms with E-state index in [4.69, 9.17) is 0 Å². The third-order valence-corrected chi connectivity index (χ3v) is 8.08. The fourth-order valence-electron chi connectivity index (χ4n) is 2.78. The van der Waals surface area contributed by atoms with Gasteiger partial charge in [0.05, 0.1) is 5.69 Å². The van der Waals surface area contributed by atoms with Crippen LogP contribution in [0.1, 0.15) is 42.7 Å². The van der Waals surface area contributed by atoms with Crippen LogP contribution in [0.15, 0.2) is 0 Å². The number of thiazole rings is 1. The van der Waals surface area contributed by atoms with Crippen LogP contribution in [0.4, 0.5) is 5.13 Å². The first-order valence-corrected chi connectivity index (χ1v) is 11.2. The largest absolute Gasteiger partial charge is 0.302 e. The summed E-state index contributed by atoms with van der Waals surface area (Å²) in [5, 5.41) is 4.58. The molecule has 1 amide bonds. The van der Waals surface area contributed by atoms with Crippen molar-refractivity contribution in [1.29, 1.82) is 0 Å². The second kappa shape index (κ2) is 8.04. The van der Waals surface area contributed by atoms with E-state index in [1.807, 2.05) is 21.6 Å². The summed E-state index contributed by atoms with van der Waals surface area (Å²) in [5.41, 5.74) is 1.18. The molecule has 3 rings (SSSR count). The molecule has 0 saturated carbocycles. The van der Waals surface area contributed by atoms with E-state index in [-0.39, 0.29) is 5.91 Å². The van der Waals surface area contributed by atoms with E-state index < -0.39 is 0 Å². The van der Waals surface area contributed by atoms with Gasteiger partial charge in [-0.25, -0.2) is 4.98 Å². The zero-order valence-corrected chi connectivity index (χ0v) is 15.4. The maximum absolute atomic E-state index is 12.0. The molecule has 2 aliphatic heterocycles. The molecule has 4 nitrogen and oxygen atoms in total. The fourth-order valence-corrected chi connectivity index (χ4v) is 6.91. The standard InChI is InChI=1S/C15H23N3OS3/c1-18-8-6-12-13(10-18)21-15(16-12)17-14(19)5-3-2-4-11-7-9-20-22-11/h11H,2-10H2,1H3,(H,16,17,19). The number of amides is 1. The summed E-state index contributed by atoms with van der Waals surface area (Å²) in [6, 6.07) is 0. The lowest BCUT2D eigenvalue weighted by Crippen LogP contribution is -2.25. The Morgan fingerprint density at radius 1 is 1.45 bits per heavy atom. The highest BCUT2D eigenvalue weighted by atomic mass is 33.1. The zero-order chi connectivity index (χ0) is 15.4. The first-order valence-electron chi connectivity index (χ1n) is 7.96. The minimum Gasteiger partial charge on any atom is -0.302 e. The van der Waals surface area contributed by atoms with Gasteiger partial charge in [-0.3, -0.25) is 4.79 Å². The third kappa shape index (κ3) is 4.63. The number of fused-ring (bicyclic) bond motifs is 1. The van der Waals surface area contributed by atoms with Gasteiger partial charge in [-0.2, -0.15) is 0 Å². The summed E-state index contributed by atoms with van der Waals surface area (Å²) in [5.74, 6) is 1.41. The minimum absolute atomic E-state index is 0.118. The van der Waals surface area contributed by atoms with Gasteiger partial charge in [-0.15, -0.1) is 11.3 Å². The zero-order valence-electron chi connectivity index (χ0n) is 13.0. The van der Waals surface area contributed by atoms with E-state index in [0.717, 1.165) is 42.7 Å². The molecule has 0 spiro atoms. The Morgan fingerprint density at radius 2 is 2.36 bits per heavy atom. The smallest absolute Gasteiger partial charge is 0.226 e. The van der Waals surface area contributed by atoms with Crippen LogP contribution in [-0.4, -0.2) is 40.4 Å². The van der Waals surface area contributed by atoms with Crippen molar-refractivity contribution in [2.45, 2.75) is 50.3 Å². The molecule has 0 bridgehead atoms. The molecule has 1 saturated heterocycles. The number of nitrogens with zero attached hydrogens (tertiary/aromatic N) is 2. The molecular formula is C15H23N3OS3. The maximum atomic E-state index is 12.0. The molecule has 7 heteroatoms. The summed E-state index contributed by atoms with van der Waals surface area (Å²) in [7, 11) is 6.14. The highest BCUT2D eigenvalue weighted by Gasteiger charge is 2.19. The van der Waals surface area contributed by atoms with Crippen LogP contribution in [0.25, 0.3) is 0 Å². The molecule has 122 valence electrons. The first kappa shape index (κ1) is 16.6. The van der Waals surface area contributed by atoms with Crippen molar-refractivity contribution in [3.8, 4) is 0 Å². The molecule has 22 heavy (non-hydrogen) atoms. The number of hydrogen-bond acceptors (Lipinski definition) is 6. The van der Waals surface area contributed by atoms with Crippen molar-refractivity contribution in [2.24, 2.45) is 0 Å². The lowest BCUT2D eigenvalue weighted by atomic mass is 10.1. The van der Waals surface area contributed by atoms with E-state index in [1.165, 1.54) is 29.2 Å². The van der Waals surface area contributed by atoms with Gasteiger partial charge in [0.1, 0.15) is 0 Å². The van der Waals surface area contributed by atoms with Crippen LogP contribution in [0.2, 0.25) is 0 Å². The van der Waals surface area contributed by atoms with Crippen LogP contribution in [-0.2, 0) is 17.8 Å². The molecule has 0 radical (unpaired) electrons. The Balaban J connectivity index is 1.38. The molecule has 0 aliphatic carbocycles. The van der Waals surface area contributed by atoms with Crippen molar-refractivity contribution in [2.75, 3.05) is 24.7 Å². The van der Waals surface area contributed by atoms with Gasteiger partial charge in [0, 0.05) is 41.8 Å². The fraction of sp³-hybridized carbons (Fsp3) is 0.733. The second-order valence-electron chi connectivity index (χ2n) is 6.00. The summed E-state index contributed by atoms with van der Waals surface area (Å²) in [6.07, 6.45) is 6.35. The van der Waals surface area contributed by atoms with E-state index in [2.05, 4.69) is 22.2 Å². The molecule has 1 atom stereocenters. The second-order valence-corrected chi connectivity index (χ2v) is 9.87. The maximum Gasteiger partial charge on any atom is 0.226 e. The molecule has 1 unspecified atom stereocenters. The van der Waals surface area contributed by atoms with Crippen molar-refractivity contribution < 1.29 is 4.79 Å². The van der Waals surface area contributed by atoms with E-state index in [1.54, 1.807) is 11.3 Å². The Hall–Kier alpha value is -0.240. The number of nitrogens with one attached hydrogen (secondary N) is 1. The number of unbranched alkanes of at least 4 members (excludes halogenated alkanes) is 1. The van der Waals surface area contributed by atoms with Gasteiger partial charge in [0.25, 0.3) is 0 Å². The number of aromatic nitrogens is 1. The number of carbonyl (C=O) groups excluding carboxylic acids is 1. The van der Waals surface area contributed by atoms with Gasteiger partial charge >= 0.3 is 0 Å². The minimum atomic E-state index is 0.118. The van der Waals surface area contributed by atoms with Gasteiger partial charge in [-0.05, 0) is 26.3 Å². The van der Waals surface area contributed by atoms with Crippen molar-refractivity contribution >= 4 is 44.0 Å². The van der Waals surface area contributed by atoms with Gasteiger partial charge in [0.15, 0.2) is 5.13 Å². The van der Waals surface area contributed by atoms with Crippen molar-refractivity contribution in [3.05, 3.63) is 10.6 Å². The highest BCUT2D eigenvalue weighted by molar-refractivity contribution is 8.77. The monoisotopic (exact) mass is 357 g/mol. The molecule has 1 aromatic rings. The summed E-state index contributed by atoms with van der Waals surface area (Å²) >= 11 is 1.64. The quantitative estimate of drug-likeness (QED) is 0.620. The Kier molecular flexibility index (Phi) is 6.07. The average Bonchev–Trinajstić information content (AvgIpc) is 3.12. The van der Waals surface area contributed by atoms with Crippen LogP contribution in [0.5, 0.6) is 0 Å². The number of likely N-dealkylation sites (N-methyl/N-ethyl adjacent to an activating group) is 1. The van der Waals surface area contributed by atoms with Crippen LogP contribution in [0, 0.1) is 0 Å². The highest BCUT2D eigenvalue weighted by Crippen LogP contribution is 2.39. The Morgan fingerprint density at radius 3 is 3.18 bits per heavy atom. The predicted octanol–water partition coefficient (Wildman–Crippen LogP) is 3.78. The average molecular weight is 358 g/mol. The Bertz CT molecular complexity index is 514. The predicted molar refractivity (Wildman–Crippen MR) is 97.7 cm³/mol. The number of carbonyl (C=O) groups is 1. The summed E-state index contributed by atoms with van der Waals surface area (Å²) in [4.78, 5) is 20.2. The van der Waals surface area contributed by atoms with Crippen molar-refractivity contribution in [3.63, 3.8) is 0 Å². The lowest BCUT2D eigenvalue weighted by Gasteiger charge is -2.20. The number of hydrogen-bond donors (Lipinski definition) is 1. The third-order valence-electron chi connectivity index (χ3n) is 4.08. The number of rotatable bonds is 6. The van der Waals surface area contributed by atoms with Crippen molar-refractivity contribution in [1.82, 2.24) is 9.88 Å². The molecule has 1 N–H and O–H groups in total. The lowest BCUT2D eigenvalue weighted by molar-refractivity contribution is -0.116. The van der Waals surface area contributed by atoms with E-state index in [9.17, 15) is 4.79 Å². The molecule has 3 heterocycles. The number of anilines is 1. The summed E-state index contributed by atoms with van der Waals surface area (Å²) in [6.45, 7) is 2.02. The normalized spacial score (nSPS) is 21.8. The van der Waals surface area contributed by atoms with Gasteiger partial charge < -0.3 is 10.2 Å². The molecule has 0 aromatic carbocycles. The van der Waals surface area contributed by atoms with Crippen LogP contribution < -0.4 is 5.32 Å². The van der Waals surface area contributed by atoms with Crippen LogP contribution in [0.3, 0.4) is 0 Å². The first-order chi connectivity index (χ1) is 10.7. The topological polar surface area (TPSA) is 45.2 Å².